The summed E-state index contributed by atoms with van der Waals surface area (Å²) < 4.78 is 4.73. The number of esters is 1. The Morgan fingerprint density at radius 2 is 2.30 bits per heavy atom. The lowest BCUT2D eigenvalue weighted by atomic mass is 10.1. The maximum atomic E-state index is 11.6. The van der Waals surface area contributed by atoms with Gasteiger partial charge in [-0.1, -0.05) is 22.9 Å². The van der Waals surface area contributed by atoms with Gasteiger partial charge in [-0.3, -0.25) is 4.90 Å². The number of methoxy groups -OCH3 is 1. The summed E-state index contributed by atoms with van der Waals surface area (Å²) in [6, 6.07) is 0.993. The first kappa shape index (κ1) is 14.1. The predicted octanol–water partition coefficient (Wildman–Crippen LogP) is 2.26. The molecule has 0 spiro atoms. The Hall–Kier alpha value is -0.850. The highest BCUT2D eigenvalue weighted by Gasteiger charge is 2.36. The first-order valence-electron chi connectivity index (χ1n) is 6.85. The monoisotopic (exact) mass is 315 g/mol. The summed E-state index contributed by atoms with van der Waals surface area (Å²) in [5.41, 5.74) is 0. The van der Waals surface area contributed by atoms with Crippen molar-refractivity contribution in [2.45, 2.75) is 31.8 Å². The minimum absolute atomic E-state index is 0.248. The van der Waals surface area contributed by atoms with Crippen molar-refractivity contribution in [1.82, 2.24) is 9.88 Å². The third kappa shape index (κ3) is 2.40. The molecule has 110 valence electrons. The van der Waals surface area contributed by atoms with Crippen molar-refractivity contribution >= 4 is 34.0 Å². The predicted molar refractivity (Wildman–Crippen MR) is 79.9 cm³/mol. The molecule has 7 heteroatoms. The number of hydrogen-bond donors (Lipinski definition) is 0. The van der Waals surface area contributed by atoms with Crippen molar-refractivity contribution in [2.24, 2.45) is 0 Å². The zero-order chi connectivity index (χ0) is 14.3. The van der Waals surface area contributed by atoms with Crippen molar-refractivity contribution in [2.75, 3.05) is 31.6 Å². The molecule has 3 rings (SSSR count). The van der Waals surface area contributed by atoms with Crippen molar-refractivity contribution < 1.29 is 9.53 Å². The van der Waals surface area contributed by atoms with Gasteiger partial charge in [0.15, 0.2) is 15.2 Å². The molecule has 2 fully saturated rings. The molecule has 20 heavy (non-hydrogen) atoms. The van der Waals surface area contributed by atoms with Gasteiger partial charge in [-0.2, -0.15) is 0 Å². The molecule has 3 heterocycles. The lowest BCUT2D eigenvalue weighted by Gasteiger charge is -2.42. The number of carbonyl (C=O) groups excluding carboxylic acids is 1. The first-order valence-corrected chi connectivity index (χ1v) is 8.05. The van der Waals surface area contributed by atoms with E-state index in [-0.39, 0.29) is 5.15 Å². The molecule has 0 saturated carbocycles. The fourth-order valence-corrected chi connectivity index (χ4v) is 4.40. The number of rotatable bonds is 2. The normalized spacial score (nSPS) is 26.6. The Balaban J connectivity index is 1.83. The fourth-order valence-electron chi connectivity index (χ4n) is 3.09. The van der Waals surface area contributed by atoms with Crippen molar-refractivity contribution in [3.8, 4) is 0 Å². The minimum Gasteiger partial charge on any atom is -0.465 e. The second kappa shape index (κ2) is 5.50. The number of nitrogens with zero attached hydrogens (tertiary/aromatic N) is 3. The van der Waals surface area contributed by atoms with Gasteiger partial charge in [0.05, 0.1) is 7.11 Å². The van der Waals surface area contributed by atoms with Gasteiger partial charge in [0, 0.05) is 25.2 Å². The van der Waals surface area contributed by atoms with Crippen molar-refractivity contribution in [1.29, 1.82) is 0 Å². The van der Waals surface area contributed by atoms with Gasteiger partial charge in [-0.25, -0.2) is 9.78 Å². The molecule has 1 aromatic heterocycles. The molecular weight excluding hydrogens is 298 g/mol. The number of fused-ring (bicyclic) bond motifs is 1. The van der Waals surface area contributed by atoms with Gasteiger partial charge in [0.1, 0.15) is 0 Å². The molecule has 0 aliphatic carbocycles. The fraction of sp³-hybridized carbons (Fsp3) is 0.692. The van der Waals surface area contributed by atoms with E-state index >= 15 is 0 Å². The highest BCUT2D eigenvalue weighted by atomic mass is 35.5. The van der Waals surface area contributed by atoms with Gasteiger partial charge in [-0.05, 0) is 26.3 Å². The Morgan fingerprint density at radius 1 is 1.50 bits per heavy atom. The van der Waals surface area contributed by atoms with Crippen LogP contribution >= 0.6 is 22.9 Å². The molecule has 0 aromatic carbocycles. The van der Waals surface area contributed by atoms with Crippen LogP contribution in [0, 0.1) is 0 Å². The molecule has 2 atom stereocenters. The smallest absolute Gasteiger partial charge is 0.351 e. The highest BCUT2D eigenvalue weighted by molar-refractivity contribution is 7.18. The van der Waals surface area contributed by atoms with Crippen LogP contribution in [-0.2, 0) is 4.74 Å². The topological polar surface area (TPSA) is 45.7 Å². The maximum Gasteiger partial charge on any atom is 0.351 e. The van der Waals surface area contributed by atoms with Crippen LogP contribution in [0.5, 0.6) is 0 Å². The Morgan fingerprint density at radius 3 is 3.05 bits per heavy atom. The second-order valence-electron chi connectivity index (χ2n) is 5.40. The highest BCUT2D eigenvalue weighted by Crippen LogP contribution is 2.34. The quantitative estimate of drug-likeness (QED) is 0.783. The summed E-state index contributed by atoms with van der Waals surface area (Å²) >= 11 is 7.38. The SMILES string of the molecule is COC(=O)c1sc(N2CC3CCCN3CC2C)nc1Cl. The van der Waals surface area contributed by atoms with Crippen LogP contribution in [0.1, 0.15) is 29.4 Å². The Kier molecular flexibility index (Phi) is 3.88. The standard InChI is InChI=1S/C13H18ClN3O2S/c1-8-6-16-5-3-4-9(16)7-17(8)13-15-11(14)10(20-13)12(18)19-2/h8-9H,3-7H2,1-2H3. The van der Waals surface area contributed by atoms with Gasteiger partial charge in [0.2, 0.25) is 0 Å². The van der Waals surface area contributed by atoms with E-state index in [2.05, 4.69) is 21.7 Å². The number of anilines is 1. The van der Waals surface area contributed by atoms with Crippen LogP contribution in [0.4, 0.5) is 5.13 Å². The summed E-state index contributed by atoms with van der Waals surface area (Å²) in [4.78, 5) is 21.2. The van der Waals surface area contributed by atoms with E-state index in [1.54, 1.807) is 0 Å². The van der Waals surface area contributed by atoms with E-state index in [4.69, 9.17) is 16.3 Å². The third-order valence-corrected chi connectivity index (χ3v) is 5.59. The van der Waals surface area contributed by atoms with Crippen LogP contribution in [0.15, 0.2) is 0 Å². The average Bonchev–Trinajstić information content (AvgIpc) is 3.02. The van der Waals surface area contributed by atoms with E-state index < -0.39 is 5.97 Å². The first-order chi connectivity index (χ1) is 9.60. The molecule has 0 N–H and O–H groups in total. The van der Waals surface area contributed by atoms with E-state index in [0.29, 0.717) is 17.0 Å². The molecule has 0 amide bonds. The lowest BCUT2D eigenvalue weighted by Crippen LogP contribution is -2.55. The van der Waals surface area contributed by atoms with E-state index in [1.165, 1.54) is 37.8 Å². The summed E-state index contributed by atoms with van der Waals surface area (Å²) in [5, 5.41) is 1.08. The number of aromatic nitrogens is 1. The lowest BCUT2D eigenvalue weighted by molar-refractivity contribution is 0.0606. The van der Waals surface area contributed by atoms with Crippen LogP contribution in [0.3, 0.4) is 0 Å². The molecule has 5 nitrogen and oxygen atoms in total. The number of thiazole rings is 1. The molecule has 2 aliphatic heterocycles. The van der Waals surface area contributed by atoms with E-state index in [9.17, 15) is 4.79 Å². The molecule has 2 aliphatic rings. The number of halogens is 1. The molecule has 2 unspecified atom stereocenters. The molecule has 0 bridgehead atoms. The van der Waals surface area contributed by atoms with Crippen LogP contribution in [0.25, 0.3) is 0 Å². The number of ether oxygens (including phenoxy) is 1. The van der Waals surface area contributed by atoms with Crippen molar-refractivity contribution in [3.63, 3.8) is 0 Å². The van der Waals surface area contributed by atoms with Crippen molar-refractivity contribution in [3.05, 3.63) is 10.0 Å². The second-order valence-corrected chi connectivity index (χ2v) is 6.74. The molecular formula is C13H18ClN3O2S. The summed E-state index contributed by atoms with van der Waals surface area (Å²) in [6.45, 7) is 5.41. The van der Waals surface area contributed by atoms with Crippen LogP contribution in [-0.4, -0.2) is 54.7 Å². The van der Waals surface area contributed by atoms with E-state index in [0.717, 1.165) is 18.2 Å². The van der Waals surface area contributed by atoms with Gasteiger partial charge < -0.3 is 9.64 Å². The van der Waals surface area contributed by atoms with E-state index in [1.807, 2.05) is 0 Å². The Bertz CT molecular complexity index is 522. The minimum atomic E-state index is -0.411. The van der Waals surface area contributed by atoms with Gasteiger partial charge in [-0.15, -0.1) is 0 Å². The maximum absolute atomic E-state index is 11.6. The van der Waals surface area contributed by atoms with Crippen LogP contribution in [0.2, 0.25) is 5.15 Å². The molecule has 0 radical (unpaired) electrons. The molecule has 1 aromatic rings. The van der Waals surface area contributed by atoms with Crippen LogP contribution < -0.4 is 4.90 Å². The number of hydrogen-bond acceptors (Lipinski definition) is 6. The summed E-state index contributed by atoms with van der Waals surface area (Å²) in [7, 11) is 1.36. The molecule has 2 saturated heterocycles. The number of carbonyl (C=O) groups is 1. The Labute approximate surface area is 127 Å². The average molecular weight is 316 g/mol. The zero-order valence-corrected chi connectivity index (χ0v) is 13.2. The number of piperazine rings is 1. The zero-order valence-electron chi connectivity index (χ0n) is 11.6. The van der Waals surface area contributed by atoms with Gasteiger partial charge >= 0.3 is 5.97 Å². The van der Waals surface area contributed by atoms with Gasteiger partial charge in [0.25, 0.3) is 0 Å². The largest absolute Gasteiger partial charge is 0.465 e. The summed E-state index contributed by atoms with van der Waals surface area (Å²) in [5.74, 6) is -0.411. The third-order valence-electron chi connectivity index (χ3n) is 4.13. The summed E-state index contributed by atoms with van der Waals surface area (Å²) in [6.07, 6.45) is 2.52.